The molecule has 0 spiro atoms. The second-order valence-corrected chi connectivity index (χ2v) is 4.58. The van der Waals surface area contributed by atoms with Crippen LogP contribution in [0.2, 0.25) is 0 Å². The van der Waals surface area contributed by atoms with Gasteiger partial charge in [-0.05, 0) is 42.3 Å². The smallest absolute Gasteiger partial charge is 0.140 e. The molecular weight excluding hydrogens is 255 g/mol. The highest BCUT2D eigenvalue weighted by Gasteiger charge is 2.05. The molecule has 1 atom stereocenters. The summed E-state index contributed by atoms with van der Waals surface area (Å²) in [6.07, 6.45) is 0. The summed E-state index contributed by atoms with van der Waals surface area (Å²) in [6.45, 7) is 2.18. The minimum atomic E-state index is -0.518. The maximum Gasteiger partial charge on any atom is 0.140 e. The predicted molar refractivity (Wildman–Crippen MR) is 74.5 cm³/mol. The lowest BCUT2D eigenvalue weighted by Gasteiger charge is -2.10. The summed E-state index contributed by atoms with van der Waals surface area (Å²) < 4.78 is 18.8. The number of rotatable bonds is 4. The van der Waals surface area contributed by atoms with Crippen molar-refractivity contribution < 1.29 is 9.13 Å². The van der Waals surface area contributed by atoms with Crippen LogP contribution in [0.4, 0.5) is 4.39 Å². The summed E-state index contributed by atoms with van der Waals surface area (Å²) in [6, 6.07) is 13.6. The highest BCUT2D eigenvalue weighted by molar-refractivity contribution is 5.35. The molecule has 0 saturated carbocycles. The molecule has 0 aliphatic carbocycles. The Hall–Kier alpha value is -2.38. The second kappa shape index (κ2) is 6.18. The summed E-state index contributed by atoms with van der Waals surface area (Å²) in [5.41, 5.74) is 7.56. The van der Waals surface area contributed by atoms with Crippen LogP contribution in [0, 0.1) is 17.1 Å². The fourth-order valence-electron chi connectivity index (χ4n) is 1.80. The van der Waals surface area contributed by atoms with Crippen LogP contribution < -0.4 is 10.5 Å². The lowest BCUT2D eigenvalue weighted by atomic mass is 10.1. The van der Waals surface area contributed by atoms with Crippen molar-refractivity contribution >= 4 is 0 Å². The second-order valence-electron chi connectivity index (χ2n) is 4.58. The van der Waals surface area contributed by atoms with Gasteiger partial charge in [0.25, 0.3) is 0 Å². The Morgan fingerprint density at radius 3 is 2.80 bits per heavy atom. The molecule has 0 unspecified atom stereocenters. The topological polar surface area (TPSA) is 59.0 Å². The molecule has 20 heavy (non-hydrogen) atoms. The Balaban J connectivity index is 2.09. The van der Waals surface area contributed by atoms with Crippen LogP contribution >= 0.6 is 0 Å². The molecule has 102 valence electrons. The molecule has 0 saturated heterocycles. The molecule has 0 heterocycles. The average molecular weight is 270 g/mol. The average Bonchev–Trinajstić information content (AvgIpc) is 2.46. The van der Waals surface area contributed by atoms with Gasteiger partial charge in [0.1, 0.15) is 24.2 Å². The zero-order valence-electron chi connectivity index (χ0n) is 11.1. The van der Waals surface area contributed by atoms with Gasteiger partial charge in [0.05, 0.1) is 5.56 Å². The van der Waals surface area contributed by atoms with Gasteiger partial charge in [-0.2, -0.15) is 5.26 Å². The van der Waals surface area contributed by atoms with Gasteiger partial charge in [0, 0.05) is 6.04 Å². The number of halogens is 1. The van der Waals surface area contributed by atoms with Crippen molar-refractivity contribution in [2.24, 2.45) is 5.73 Å². The van der Waals surface area contributed by atoms with Gasteiger partial charge in [-0.25, -0.2) is 4.39 Å². The van der Waals surface area contributed by atoms with Crippen LogP contribution in [0.1, 0.15) is 29.7 Å². The van der Waals surface area contributed by atoms with Crippen molar-refractivity contribution in [1.29, 1.82) is 5.26 Å². The van der Waals surface area contributed by atoms with E-state index in [-0.39, 0.29) is 18.2 Å². The van der Waals surface area contributed by atoms with Crippen LogP contribution in [0.5, 0.6) is 5.75 Å². The molecule has 0 aliphatic heterocycles. The third kappa shape index (κ3) is 3.34. The highest BCUT2D eigenvalue weighted by Crippen LogP contribution is 2.19. The van der Waals surface area contributed by atoms with E-state index < -0.39 is 5.82 Å². The minimum absolute atomic E-state index is 0.0235. The van der Waals surface area contributed by atoms with E-state index in [1.165, 1.54) is 12.1 Å². The Morgan fingerprint density at radius 2 is 2.10 bits per heavy atom. The Bertz CT molecular complexity index is 647. The monoisotopic (exact) mass is 270 g/mol. The molecule has 0 aromatic heterocycles. The first-order valence-corrected chi connectivity index (χ1v) is 6.27. The number of nitrogens with zero attached hydrogens (tertiary/aromatic N) is 1. The number of nitriles is 1. The summed E-state index contributed by atoms with van der Waals surface area (Å²) in [4.78, 5) is 0. The van der Waals surface area contributed by atoms with Gasteiger partial charge in [-0.1, -0.05) is 18.2 Å². The molecule has 0 aliphatic rings. The molecule has 0 amide bonds. The number of hydrogen-bond acceptors (Lipinski definition) is 3. The van der Waals surface area contributed by atoms with Crippen molar-refractivity contribution in [2.75, 3.05) is 0 Å². The Kier molecular flexibility index (Phi) is 4.34. The fraction of sp³-hybridized carbons (Fsp3) is 0.188. The number of nitrogens with two attached hydrogens (primary N) is 1. The standard InChI is InChI=1S/C16H15FN2O/c1-11(19)13-3-2-4-15(8-13)20-10-12-5-6-16(17)14(7-12)9-18/h2-8,11H,10,19H2,1H3/t11-/m1/s1. The highest BCUT2D eigenvalue weighted by atomic mass is 19.1. The van der Waals surface area contributed by atoms with E-state index in [0.717, 1.165) is 11.1 Å². The van der Waals surface area contributed by atoms with Crippen molar-refractivity contribution in [3.05, 3.63) is 65.0 Å². The lowest BCUT2D eigenvalue weighted by molar-refractivity contribution is 0.305. The maximum absolute atomic E-state index is 13.2. The molecule has 2 N–H and O–H groups in total. The van der Waals surface area contributed by atoms with Crippen LogP contribution in [0.25, 0.3) is 0 Å². The summed E-state index contributed by atoms with van der Waals surface area (Å²) >= 11 is 0. The van der Waals surface area contributed by atoms with E-state index >= 15 is 0 Å². The summed E-state index contributed by atoms with van der Waals surface area (Å²) in [7, 11) is 0. The van der Waals surface area contributed by atoms with E-state index in [4.69, 9.17) is 15.7 Å². The number of ether oxygens (including phenoxy) is 1. The van der Waals surface area contributed by atoms with E-state index in [0.29, 0.717) is 5.75 Å². The molecule has 2 aromatic rings. The van der Waals surface area contributed by atoms with E-state index in [9.17, 15) is 4.39 Å². The zero-order chi connectivity index (χ0) is 14.5. The van der Waals surface area contributed by atoms with E-state index in [1.54, 1.807) is 6.07 Å². The molecule has 0 bridgehead atoms. The van der Waals surface area contributed by atoms with Gasteiger partial charge >= 0.3 is 0 Å². The quantitative estimate of drug-likeness (QED) is 0.927. The van der Waals surface area contributed by atoms with E-state index in [2.05, 4.69) is 0 Å². The predicted octanol–water partition coefficient (Wildman–Crippen LogP) is 3.30. The first-order valence-electron chi connectivity index (χ1n) is 6.27. The van der Waals surface area contributed by atoms with Crippen LogP contribution in [0.15, 0.2) is 42.5 Å². The van der Waals surface area contributed by atoms with Crippen LogP contribution in [-0.4, -0.2) is 0 Å². The number of hydrogen-bond donors (Lipinski definition) is 1. The SMILES string of the molecule is C[C@@H](N)c1cccc(OCc2ccc(F)c(C#N)c2)c1. The molecule has 2 rings (SSSR count). The number of benzene rings is 2. The minimum Gasteiger partial charge on any atom is -0.489 e. The maximum atomic E-state index is 13.2. The van der Waals surface area contributed by atoms with E-state index in [1.807, 2.05) is 37.3 Å². The first kappa shape index (κ1) is 14.0. The van der Waals surface area contributed by atoms with Crippen molar-refractivity contribution in [3.8, 4) is 11.8 Å². The molecular formula is C16H15FN2O. The van der Waals surface area contributed by atoms with Gasteiger partial charge in [-0.15, -0.1) is 0 Å². The van der Waals surface area contributed by atoms with Gasteiger partial charge in [0.2, 0.25) is 0 Å². The molecule has 4 heteroatoms. The fourth-order valence-corrected chi connectivity index (χ4v) is 1.80. The first-order chi connectivity index (χ1) is 9.60. The zero-order valence-corrected chi connectivity index (χ0v) is 11.1. The van der Waals surface area contributed by atoms with Crippen molar-refractivity contribution in [2.45, 2.75) is 19.6 Å². The van der Waals surface area contributed by atoms with Crippen LogP contribution in [0.3, 0.4) is 0 Å². The summed E-state index contributed by atoms with van der Waals surface area (Å²) in [5.74, 6) is 0.179. The largest absolute Gasteiger partial charge is 0.489 e. The Labute approximate surface area is 117 Å². The normalized spacial score (nSPS) is 11.7. The van der Waals surface area contributed by atoms with Gasteiger partial charge < -0.3 is 10.5 Å². The molecule has 3 nitrogen and oxygen atoms in total. The third-order valence-corrected chi connectivity index (χ3v) is 2.94. The van der Waals surface area contributed by atoms with Crippen molar-refractivity contribution in [1.82, 2.24) is 0 Å². The molecule has 0 fully saturated rings. The van der Waals surface area contributed by atoms with Gasteiger partial charge in [0.15, 0.2) is 0 Å². The Morgan fingerprint density at radius 1 is 1.30 bits per heavy atom. The van der Waals surface area contributed by atoms with Crippen molar-refractivity contribution in [3.63, 3.8) is 0 Å². The molecule has 0 radical (unpaired) electrons. The van der Waals surface area contributed by atoms with Crippen LogP contribution in [-0.2, 0) is 6.61 Å². The summed E-state index contributed by atoms with van der Waals surface area (Å²) in [5, 5.41) is 8.78. The lowest BCUT2D eigenvalue weighted by Crippen LogP contribution is -2.05. The van der Waals surface area contributed by atoms with Gasteiger partial charge in [-0.3, -0.25) is 0 Å². The molecule has 2 aromatic carbocycles. The third-order valence-electron chi connectivity index (χ3n) is 2.94.